The molecule has 0 fully saturated rings. The van der Waals surface area contributed by atoms with Gasteiger partial charge < -0.3 is 25.5 Å². The van der Waals surface area contributed by atoms with Crippen molar-refractivity contribution in [2.45, 2.75) is 26.5 Å². The van der Waals surface area contributed by atoms with E-state index in [0.29, 0.717) is 0 Å². The Morgan fingerprint density at radius 1 is 1.26 bits per heavy atom. The molecular formula is C16H22N3O4-. The van der Waals surface area contributed by atoms with Crippen molar-refractivity contribution in [3.63, 3.8) is 0 Å². The smallest absolute Gasteiger partial charge is 0.408 e. The Morgan fingerprint density at radius 2 is 1.91 bits per heavy atom. The van der Waals surface area contributed by atoms with Crippen LogP contribution in [0.25, 0.3) is 0 Å². The fourth-order valence-electron chi connectivity index (χ4n) is 1.78. The van der Waals surface area contributed by atoms with E-state index < -0.39 is 23.9 Å². The maximum absolute atomic E-state index is 12.0. The highest BCUT2D eigenvalue weighted by molar-refractivity contribution is 5.88. The molecule has 0 unspecified atom stereocenters. The van der Waals surface area contributed by atoms with Crippen LogP contribution in [-0.4, -0.2) is 37.5 Å². The Balaban J connectivity index is 2.51. The van der Waals surface area contributed by atoms with E-state index in [0.717, 1.165) is 5.56 Å². The Morgan fingerprint density at radius 3 is 2.48 bits per heavy atom. The number of benzene rings is 1. The average molecular weight is 320 g/mol. The minimum Gasteiger partial charge on any atom is -0.861 e. The Hall–Kier alpha value is -2.57. The van der Waals surface area contributed by atoms with E-state index in [9.17, 15) is 14.7 Å². The highest BCUT2D eigenvalue weighted by Crippen LogP contribution is 2.04. The van der Waals surface area contributed by atoms with Gasteiger partial charge in [-0.2, -0.15) is 0 Å². The van der Waals surface area contributed by atoms with Crippen LogP contribution in [0.4, 0.5) is 4.79 Å². The fraction of sp³-hybridized carbons (Fsp3) is 0.438. The van der Waals surface area contributed by atoms with E-state index in [2.05, 4.69) is 15.6 Å². The molecule has 0 saturated carbocycles. The van der Waals surface area contributed by atoms with Crippen LogP contribution in [0.3, 0.4) is 0 Å². The van der Waals surface area contributed by atoms with Crippen LogP contribution in [0.5, 0.6) is 0 Å². The Bertz CT molecular complexity index is 544. The van der Waals surface area contributed by atoms with Gasteiger partial charge in [0.1, 0.15) is 12.6 Å². The Labute approximate surface area is 135 Å². The summed E-state index contributed by atoms with van der Waals surface area (Å²) in [5, 5.41) is 16.1. The van der Waals surface area contributed by atoms with Crippen LogP contribution in [0.15, 0.2) is 35.3 Å². The summed E-state index contributed by atoms with van der Waals surface area (Å²) in [6.07, 6.45) is -0.686. The molecule has 1 aromatic rings. The third kappa shape index (κ3) is 6.82. The first kappa shape index (κ1) is 18.5. The van der Waals surface area contributed by atoms with Gasteiger partial charge in [0, 0.05) is 13.6 Å². The molecule has 1 rings (SSSR count). The molecule has 0 saturated heterocycles. The van der Waals surface area contributed by atoms with Gasteiger partial charge in [-0.25, -0.2) is 4.79 Å². The number of amides is 2. The number of rotatable bonds is 7. The summed E-state index contributed by atoms with van der Waals surface area (Å²) in [6, 6.07) is 8.43. The van der Waals surface area contributed by atoms with Crippen molar-refractivity contribution in [3.8, 4) is 0 Å². The summed E-state index contributed by atoms with van der Waals surface area (Å²) < 4.78 is 5.09. The van der Waals surface area contributed by atoms with E-state index in [1.54, 1.807) is 13.8 Å². The summed E-state index contributed by atoms with van der Waals surface area (Å²) in [4.78, 5) is 27.3. The predicted molar refractivity (Wildman–Crippen MR) is 84.8 cm³/mol. The van der Waals surface area contributed by atoms with Crippen molar-refractivity contribution in [3.05, 3.63) is 35.9 Å². The number of nitrogens with zero attached hydrogens (tertiary/aromatic N) is 1. The third-order valence-electron chi connectivity index (χ3n) is 3.10. The first-order chi connectivity index (χ1) is 10.9. The van der Waals surface area contributed by atoms with Gasteiger partial charge in [-0.15, -0.1) is 0 Å². The largest absolute Gasteiger partial charge is 0.861 e. The predicted octanol–water partition coefficient (Wildman–Crippen LogP) is 0.442. The summed E-state index contributed by atoms with van der Waals surface area (Å²) >= 11 is 0. The van der Waals surface area contributed by atoms with Crippen LogP contribution < -0.4 is 15.7 Å². The molecule has 7 heteroatoms. The lowest BCUT2D eigenvalue weighted by Gasteiger charge is -2.22. The van der Waals surface area contributed by atoms with Crippen LogP contribution in [0.1, 0.15) is 19.4 Å². The topological polar surface area (TPSA) is 103 Å². The molecule has 0 spiro atoms. The second kappa shape index (κ2) is 9.45. The van der Waals surface area contributed by atoms with Gasteiger partial charge in [-0.05, 0) is 17.4 Å². The number of hydrogen-bond acceptors (Lipinski definition) is 5. The van der Waals surface area contributed by atoms with E-state index in [1.165, 1.54) is 7.05 Å². The molecule has 7 nitrogen and oxygen atoms in total. The number of ether oxygens (including phenoxy) is 1. The van der Waals surface area contributed by atoms with Gasteiger partial charge in [-0.3, -0.25) is 4.79 Å². The van der Waals surface area contributed by atoms with Gasteiger partial charge in [0.15, 0.2) is 0 Å². The second-order valence-electron chi connectivity index (χ2n) is 5.26. The second-order valence-corrected chi connectivity index (χ2v) is 5.26. The van der Waals surface area contributed by atoms with E-state index in [1.807, 2.05) is 30.3 Å². The van der Waals surface area contributed by atoms with E-state index in [-0.39, 0.29) is 19.1 Å². The van der Waals surface area contributed by atoms with Crippen molar-refractivity contribution in [2.24, 2.45) is 10.9 Å². The van der Waals surface area contributed by atoms with Gasteiger partial charge in [0.2, 0.25) is 5.91 Å². The van der Waals surface area contributed by atoms with E-state index >= 15 is 0 Å². The molecule has 0 bridgehead atoms. The first-order valence-electron chi connectivity index (χ1n) is 7.31. The van der Waals surface area contributed by atoms with Crippen molar-refractivity contribution in [1.29, 1.82) is 0 Å². The lowest BCUT2D eigenvalue weighted by Crippen LogP contribution is -2.51. The first-order valence-corrected chi connectivity index (χ1v) is 7.31. The quantitative estimate of drug-likeness (QED) is 0.562. The number of aliphatic imine (C=N–C) groups is 1. The standard InChI is InChI=1S/C16H23N3O4/c1-11(2)14(15(21)18-9-13(20)17-3)19-16(22)23-10-12-7-5-4-6-8-12/h4-8,11,14H,9-10H2,1-3H3,(H,17,20)(H,18,21)(H,19,22)/p-1/t14-/m0/s1. The molecule has 0 aromatic heterocycles. The van der Waals surface area contributed by atoms with Crippen LogP contribution in [0.2, 0.25) is 0 Å². The maximum Gasteiger partial charge on any atom is 0.408 e. The SMILES string of the molecule is CN=C([O-])CNC(=O)[C@@H](NC(=O)OCc1ccccc1)C(C)C. The zero-order chi connectivity index (χ0) is 17.2. The number of hydrogen-bond donors (Lipinski definition) is 2. The monoisotopic (exact) mass is 320 g/mol. The minimum atomic E-state index is -0.789. The van der Waals surface area contributed by atoms with Crippen LogP contribution >= 0.6 is 0 Å². The molecule has 0 aliphatic rings. The average Bonchev–Trinajstić information content (AvgIpc) is 2.55. The zero-order valence-corrected chi connectivity index (χ0v) is 13.5. The molecule has 126 valence electrons. The van der Waals surface area contributed by atoms with Crippen molar-refractivity contribution in [1.82, 2.24) is 10.6 Å². The summed E-state index contributed by atoms with van der Waals surface area (Å²) in [5.74, 6) is -1.05. The lowest BCUT2D eigenvalue weighted by atomic mass is 10.0. The number of nitrogens with one attached hydrogen (secondary N) is 2. The number of alkyl carbamates (subject to hydrolysis) is 1. The summed E-state index contributed by atoms with van der Waals surface area (Å²) in [6.45, 7) is 3.49. The fourth-order valence-corrected chi connectivity index (χ4v) is 1.78. The molecule has 0 aliphatic heterocycles. The van der Waals surface area contributed by atoms with E-state index in [4.69, 9.17) is 4.74 Å². The lowest BCUT2D eigenvalue weighted by molar-refractivity contribution is -0.217. The van der Waals surface area contributed by atoms with Gasteiger partial charge in [0.05, 0.1) is 0 Å². The highest BCUT2D eigenvalue weighted by atomic mass is 16.5. The maximum atomic E-state index is 12.0. The Kier molecular flexibility index (Phi) is 7.59. The molecule has 0 heterocycles. The molecule has 0 radical (unpaired) electrons. The molecule has 2 N–H and O–H groups in total. The molecule has 23 heavy (non-hydrogen) atoms. The van der Waals surface area contributed by atoms with Crippen LogP contribution in [-0.2, 0) is 16.1 Å². The van der Waals surface area contributed by atoms with Gasteiger partial charge in [-0.1, -0.05) is 44.2 Å². The molecular weight excluding hydrogens is 298 g/mol. The zero-order valence-electron chi connectivity index (χ0n) is 13.5. The van der Waals surface area contributed by atoms with Crippen molar-refractivity contribution < 1.29 is 19.4 Å². The molecule has 2 amide bonds. The summed E-state index contributed by atoms with van der Waals surface area (Å²) in [5.41, 5.74) is 0.850. The molecule has 1 aromatic carbocycles. The number of carbonyl (C=O) groups is 2. The molecule has 1 atom stereocenters. The number of carbonyl (C=O) groups excluding carboxylic acids is 2. The van der Waals surface area contributed by atoms with Crippen LogP contribution in [0, 0.1) is 5.92 Å². The highest BCUT2D eigenvalue weighted by Gasteiger charge is 2.24. The normalized spacial score (nSPS) is 12.6. The molecule has 0 aliphatic carbocycles. The van der Waals surface area contributed by atoms with Gasteiger partial charge >= 0.3 is 6.09 Å². The summed E-state index contributed by atoms with van der Waals surface area (Å²) in [7, 11) is 1.35. The van der Waals surface area contributed by atoms with Gasteiger partial charge in [0.25, 0.3) is 0 Å². The third-order valence-corrected chi connectivity index (χ3v) is 3.10. The minimum absolute atomic E-state index is 0.117. The van der Waals surface area contributed by atoms with Crippen molar-refractivity contribution in [2.75, 3.05) is 13.6 Å². The van der Waals surface area contributed by atoms with Crippen molar-refractivity contribution >= 4 is 17.9 Å².